The summed E-state index contributed by atoms with van der Waals surface area (Å²) in [5.41, 5.74) is 5.89. The minimum Gasteiger partial charge on any atom is -0.389 e. The van der Waals surface area contributed by atoms with Gasteiger partial charge < -0.3 is 10.3 Å². The molecule has 0 saturated heterocycles. The summed E-state index contributed by atoms with van der Waals surface area (Å²) in [6, 6.07) is 6.37. The summed E-state index contributed by atoms with van der Waals surface area (Å²) in [7, 11) is -1.88. The molecule has 21 heavy (non-hydrogen) atoms. The first-order valence-electron chi connectivity index (χ1n) is 6.13. The van der Waals surface area contributed by atoms with Crippen LogP contribution in [0, 0.1) is 0 Å². The Morgan fingerprint density at radius 1 is 1.43 bits per heavy atom. The van der Waals surface area contributed by atoms with Crippen molar-refractivity contribution in [1.82, 2.24) is 19.5 Å². The van der Waals surface area contributed by atoms with Gasteiger partial charge in [0.15, 0.2) is 0 Å². The van der Waals surface area contributed by atoms with Crippen molar-refractivity contribution >= 4 is 27.2 Å². The van der Waals surface area contributed by atoms with Crippen molar-refractivity contribution in [3.63, 3.8) is 0 Å². The van der Waals surface area contributed by atoms with Gasteiger partial charge in [-0.2, -0.15) is 0 Å². The number of rotatable bonds is 6. The van der Waals surface area contributed by atoms with Gasteiger partial charge in [-0.25, -0.2) is 13.1 Å². The monoisotopic (exact) mass is 325 g/mol. The van der Waals surface area contributed by atoms with Gasteiger partial charge in [-0.1, -0.05) is 30.4 Å². The quantitative estimate of drug-likeness (QED) is 0.723. The van der Waals surface area contributed by atoms with Crippen LogP contribution in [0.1, 0.15) is 11.4 Å². The van der Waals surface area contributed by atoms with Crippen LogP contribution in [-0.4, -0.2) is 34.7 Å². The Balaban J connectivity index is 2.12. The molecular formula is C12H15N5O2S2. The average Bonchev–Trinajstić information content (AvgIpc) is 2.84. The third-order valence-corrected chi connectivity index (χ3v) is 4.63. The third-order valence-electron chi connectivity index (χ3n) is 2.89. The zero-order valence-electron chi connectivity index (χ0n) is 11.4. The van der Waals surface area contributed by atoms with E-state index in [2.05, 4.69) is 14.9 Å². The van der Waals surface area contributed by atoms with Crippen molar-refractivity contribution in [3.05, 3.63) is 42.0 Å². The molecule has 0 aliphatic rings. The van der Waals surface area contributed by atoms with Crippen LogP contribution in [0.2, 0.25) is 0 Å². The van der Waals surface area contributed by atoms with Crippen molar-refractivity contribution < 1.29 is 8.42 Å². The summed E-state index contributed by atoms with van der Waals surface area (Å²) in [6.07, 6.45) is 2.00. The Labute approximate surface area is 128 Å². The number of hydrogen-bond donors (Lipinski definition) is 2. The predicted molar refractivity (Wildman–Crippen MR) is 82.2 cm³/mol. The molecule has 0 aliphatic heterocycles. The van der Waals surface area contributed by atoms with E-state index in [1.807, 2.05) is 0 Å². The van der Waals surface area contributed by atoms with E-state index in [9.17, 15) is 8.42 Å². The molecule has 0 fully saturated rings. The Kier molecular flexibility index (Phi) is 4.66. The topological polar surface area (TPSA) is 103 Å². The van der Waals surface area contributed by atoms with Crippen LogP contribution in [0.5, 0.6) is 0 Å². The molecule has 112 valence electrons. The van der Waals surface area contributed by atoms with Gasteiger partial charge in [-0.15, -0.1) is 10.2 Å². The van der Waals surface area contributed by atoms with Crippen molar-refractivity contribution in [2.24, 2.45) is 12.8 Å². The highest BCUT2D eigenvalue weighted by molar-refractivity contribution is 7.89. The second kappa shape index (κ2) is 6.29. The minimum absolute atomic E-state index is 0.0456. The average molecular weight is 325 g/mol. The maximum Gasteiger partial charge on any atom is 0.241 e. The van der Waals surface area contributed by atoms with E-state index in [-0.39, 0.29) is 16.4 Å². The SMILES string of the molecule is Cn1cnnc1CCNS(=O)(=O)c1ccccc1C(N)=S. The highest BCUT2D eigenvalue weighted by atomic mass is 32.2. The summed E-state index contributed by atoms with van der Waals surface area (Å²) in [6.45, 7) is 0.209. The number of sulfonamides is 1. The van der Waals surface area contributed by atoms with Crippen molar-refractivity contribution in [1.29, 1.82) is 0 Å². The largest absolute Gasteiger partial charge is 0.389 e. The summed E-state index contributed by atoms with van der Waals surface area (Å²) < 4.78 is 28.8. The molecule has 0 spiro atoms. The third kappa shape index (κ3) is 3.63. The zero-order valence-corrected chi connectivity index (χ0v) is 13.0. The first-order valence-corrected chi connectivity index (χ1v) is 8.02. The highest BCUT2D eigenvalue weighted by Gasteiger charge is 2.19. The molecule has 7 nitrogen and oxygen atoms in total. The minimum atomic E-state index is -3.68. The molecule has 0 saturated carbocycles. The molecule has 0 radical (unpaired) electrons. The Hall–Kier alpha value is -1.84. The number of nitrogens with zero attached hydrogens (tertiary/aromatic N) is 3. The van der Waals surface area contributed by atoms with E-state index in [4.69, 9.17) is 18.0 Å². The van der Waals surface area contributed by atoms with Gasteiger partial charge in [0, 0.05) is 25.6 Å². The van der Waals surface area contributed by atoms with E-state index >= 15 is 0 Å². The van der Waals surface area contributed by atoms with Gasteiger partial charge >= 0.3 is 0 Å². The predicted octanol–water partition coefficient (Wildman–Crippen LogP) is -0.0297. The van der Waals surface area contributed by atoms with E-state index in [0.29, 0.717) is 17.8 Å². The molecule has 0 bridgehead atoms. The molecule has 0 amide bonds. The Morgan fingerprint density at radius 3 is 2.76 bits per heavy atom. The lowest BCUT2D eigenvalue weighted by molar-refractivity contribution is 0.580. The van der Waals surface area contributed by atoms with Crippen LogP contribution in [0.3, 0.4) is 0 Å². The Bertz CT molecular complexity index is 755. The molecule has 1 aromatic heterocycles. The van der Waals surface area contributed by atoms with Gasteiger partial charge in [0.2, 0.25) is 10.0 Å². The van der Waals surface area contributed by atoms with Crippen LogP contribution in [0.15, 0.2) is 35.5 Å². The lowest BCUT2D eigenvalue weighted by Crippen LogP contribution is -2.28. The molecule has 1 heterocycles. The second-order valence-corrected chi connectivity index (χ2v) is 6.54. The molecular weight excluding hydrogens is 310 g/mol. The van der Waals surface area contributed by atoms with Gasteiger partial charge in [0.25, 0.3) is 0 Å². The molecule has 0 unspecified atom stereocenters. The van der Waals surface area contributed by atoms with Crippen LogP contribution in [0.25, 0.3) is 0 Å². The van der Waals surface area contributed by atoms with Crippen LogP contribution >= 0.6 is 12.2 Å². The Morgan fingerprint density at radius 2 is 2.14 bits per heavy atom. The number of benzene rings is 1. The standard InChI is InChI=1S/C12H15N5O2S2/c1-17-8-14-16-11(17)6-7-15-21(18,19)10-5-3-2-4-9(10)12(13)20/h2-5,8,15H,6-7H2,1H3,(H2,13,20). The fourth-order valence-electron chi connectivity index (χ4n) is 1.81. The van der Waals surface area contributed by atoms with E-state index in [1.165, 1.54) is 6.07 Å². The molecule has 2 rings (SSSR count). The number of nitrogens with two attached hydrogens (primary N) is 1. The fourth-order valence-corrected chi connectivity index (χ4v) is 3.31. The summed E-state index contributed by atoms with van der Waals surface area (Å²) in [5.74, 6) is 0.695. The maximum atomic E-state index is 12.3. The number of aromatic nitrogens is 3. The molecule has 0 atom stereocenters. The fraction of sp³-hybridized carbons (Fsp3) is 0.250. The second-order valence-electron chi connectivity index (χ2n) is 4.37. The number of aryl methyl sites for hydroxylation is 1. The van der Waals surface area contributed by atoms with Gasteiger partial charge in [0.1, 0.15) is 17.1 Å². The van der Waals surface area contributed by atoms with E-state index in [0.717, 1.165) is 0 Å². The van der Waals surface area contributed by atoms with Crippen molar-refractivity contribution in [2.75, 3.05) is 6.54 Å². The van der Waals surface area contributed by atoms with Gasteiger partial charge in [-0.3, -0.25) is 0 Å². The first kappa shape index (κ1) is 15.5. The molecule has 0 aliphatic carbocycles. The molecule has 9 heteroatoms. The summed E-state index contributed by atoms with van der Waals surface area (Å²) >= 11 is 4.88. The smallest absolute Gasteiger partial charge is 0.241 e. The summed E-state index contributed by atoms with van der Waals surface area (Å²) in [5, 5.41) is 7.63. The van der Waals surface area contributed by atoms with Gasteiger partial charge in [-0.05, 0) is 6.07 Å². The summed E-state index contributed by atoms with van der Waals surface area (Å²) in [4.78, 5) is 0.125. The normalized spacial score (nSPS) is 11.5. The zero-order chi connectivity index (χ0) is 15.5. The van der Waals surface area contributed by atoms with Crippen molar-refractivity contribution in [2.45, 2.75) is 11.3 Å². The van der Waals surface area contributed by atoms with E-state index < -0.39 is 10.0 Å². The van der Waals surface area contributed by atoms with Crippen LogP contribution < -0.4 is 10.5 Å². The number of hydrogen-bond acceptors (Lipinski definition) is 5. The lowest BCUT2D eigenvalue weighted by Gasteiger charge is -2.10. The lowest BCUT2D eigenvalue weighted by atomic mass is 10.2. The first-order chi connectivity index (χ1) is 9.92. The maximum absolute atomic E-state index is 12.3. The highest BCUT2D eigenvalue weighted by Crippen LogP contribution is 2.15. The number of nitrogens with one attached hydrogen (secondary N) is 1. The van der Waals surface area contributed by atoms with Crippen LogP contribution in [0.4, 0.5) is 0 Å². The molecule has 2 aromatic rings. The number of thiocarbonyl (C=S) groups is 1. The van der Waals surface area contributed by atoms with Gasteiger partial charge in [0.05, 0.1) is 4.90 Å². The van der Waals surface area contributed by atoms with E-state index in [1.54, 1.807) is 36.1 Å². The van der Waals surface area contributed by atoms with Crippen molar-refractivity contribution in [3.8, 4) is 0 Å². The van der Waals surface area contributed by atoms with Crippen LogP contribution in [-0.2, 0) is 23.5 Å². The molecule has 3 N–H and O–H groups in total. The molecule has 1 aromatic carbocycles.